The van der Waals surface area contributed by atoms with Crippen LogP contribution in [0.1, 0.15) is 5.82 Å². The Bertz CT molecular complexity index is 485. The van der Waals surface area contributed by atoms with Crippen molar-refractivity contribution in [1.82, 2.24) is 9.97 Å². The Balaban J connectivity index is 2.04. The number of nitrogens with two attached hydrogens (primary N) is 1. The molecular weight excluding hydrogens is 218 g/mol. The highest BCUT2D eigenvalue weighted by Gasteiger charge is 2.03. The van der Waals surface area contributed by atoms with E-state index in [-0.39, 0.29) is 6.61 Å². The second-order valence-electron chi connectivity index (χ2n) is 3.37. The Labute approximate surface area is 99.2 Å². The Morgan fingerprint density at radius 1 is 1.12 bits per heavy atom. The van der Waals surface area contributed by atoms with E-state index in [0.29, 0.717) is 23.0 Å². The van der Waals surface area contributed by atoms with Crippen molar-refractivity contribution in [2.45, 2.75) is 6.61 Å². The molecule has 0 aliphatic carbocycles. The molecule has 0 fully saturated rings. The Morgan fingerprint density at radius 2 is 1.76 bits per heavy atom. The van der Waals surface area contributed by atoms with Gasteiger partial charge >= 0.3 is 0 Å². The molecule has 0 saturated heterocycles. The van der Waals surface area contributed by atoms with Crippen LogP contribution in [0, 0.1) is 0 Å². The number of benzene rings is 1. The second-order valence-corrected chi connectivity index (χ2v) is 3.37. The zero-order valence-electron chi connectivity index (χ0n) is 9.46. The zero-order chi connectivity index (χ0) is 12.1. The van der Waals surface area contributed by atoms with Crippen molar-refractivity contribution in [3.8, 4) is 11.5 Å². The minimum atomic E-state index is 0.278. The first-order chi connectivity index (χ1) is 8.29. The molecular formula is C12H13N3O2. The smallest absolute Gasteiger partial charge is 0.166 e. The number of methoxy groups -OCH3 is 1. The zero-order valence-corrected chi connectivity index (χ0v) is 9.46. The summed E-state index contributed by atoms with van der Waals surface area (Å²) in [5.74, 6) is 1.92. The van der Waals surface area contributed by atoms with E-state index in [1.54, 1.807) is 19.5 Å². The predicted octanol–water partition coefficient (Wildman–Crippen LogP) is 1.65. The van der Waals surface area contributed by atoms with Gasteiger partial charge in [-0.1, -0.05) is 12.1 Å². The summed E-state index contributed by atoms with van der Waals surface area (Å²) in [6.45, 7) is 0.278. The average Bonchev–Trinajstić information content (AvgIpc) is 2.38. The standard InChI is InChI=1S/C12H13N3O2/c1-16-10-4-2-3-5-11(10)17-8-12-14-6-9(13)7-15-12/h2-7H,8,13H2,1H3. The van der Waals surface area contributed by atoms with Crippen molar-refractivity contribution in [2.24, 2.45) is 0 Å². The SMILES string of the molecule is COc1ccccc1OCc1ncc(N)cn1. The normalized spacial score (nSPS) is 9.94. The van der Waals surface area contributed by atoms with Gasteiger partial charge in [-0.25, -0.2) is 9.97 Å². The molecule has 1 aromatic heterocycles. The lowest BCUT2D eigenvalue weighted by Crippen LogP contribution is -2.02. The monoisotopic (exact) mass is 231 g/mol. The van der Waals surface area contributed by atoms with E-state index in [4.69, 9.17) is 15.2 Å². The average molecular weight is 231 g/mol. The third-order valence-corrected chi connectivity index (χ3v) is 2.15. The molecule has 0 atom stereocenters. The van der Waals surface area contributed by atoms with Crippen LogP contribution in [0.5, 0.6) is 11.5 Å². The van der Waals surface area contributed by atoms with E-state index in [0.717, 1.165) is 0 Å². The molecule has 2 rings (SSSR count). The molecule has 0 aliphatic rings. The summed E-state index contributed by atoms with van der Waals surface area (Å²) in [5, 5.41) is 0. The first-order valence-electron chi connectivity index (χ1n) is 5.12. The fourth-order valence-electron chi connectivity index (χ4n) is 1.32. The molecule has 0 radical (unpaired) electrons. The van der Waals surface area contributed by atoms with Gasteiger partial charge in [-0.2, -0.15) is 0 Å². The summed E-state index contributed by atoms with van der Waals surface area (Å²) in [5.41, 5.74) is 6.03. The van der Waals surface area contributed by atoms with Gasteiger partial charge in [0.05, 0.1) is 25.2 Å². The molecule has 17 heavy (non-hydrogen) atoms. The number of hydrogen-bond donors (Lipinski definition) is 1. The van der Waals surface area contributed by atoms with Crippen LogP contribution in [0.4, 0.5) is 5.69 Å². The Morgan fingerprint density at radius 3 is 2.41 bits per heavy atom. The fourth-order valence-corrected chi connectivity index (χ4v) is 1.32. The van der Waals surface area contributed by atoms with Gasteiger partial charge in [-0.05, 0) is 12.1 Å². The summed E-state index contributed by atoms with van der Waals surface area (Å²) < 4.78 is 10.7. The van der Waals surface area contributed by atoms with Crippen molar-refractivity contribution in [2.75, 3.05) is 12.8 Å². The molecule has 0 saturated carbocycles. The van der Waals surface area contributed by atoms with Crippen molar-refractivity contribution in [3.63, 3.8) is 0 Å². The summed E-state index contributed by atoms with van der Waals surface area (Å²) >= 11 is 0. The molecule has 1 aromatic carbocycles. The lowest BCUT2D eigenvalue weighted by atomic mass is 10.3. The fraction of sp³-hybridized carbons (Fsp3) is 0.167. The van der Waals surface area contributed by atoms with E-state index >= 15 is 0 Å². The van der Waals surface area contributed by atoms with E-state index in [1.807, 2.05) is 24.3 Å². The largest absolute Gasteiger partial charge is 0.493 e. The topological polar surface area (TPSA) is 70.3 Å². The molecule has 88 valence electrons. The van der Waals surface area contributed by atoms with E-state index in [1.165, 1.54) is 0 Å². The number of rotatable bonds is 4. The summed E-state index contributed by atoms with van der Waals surface area (Å²) in [6, 6.07) is 7.42. The first-order valence-corrected chi connectivity index (χ1v) is 5.12. The maximum absolute atomic E-state index is 5.56. The van der Waals surface area contributed by atoms with Gasteiger partial charge in [-0.15, -0.1) is 0 Å². The van der Waals surface area contributed by atoms with Crippen molar-refractivity contribution in [3.05, 3.63) is 42.5 Å². The van der Waals surface area contributed by atoms with Crippen LogP contribution in [-0.2, 0) is 6.61 Å². The lowest BCUT2D eigenvalue weighted by molar-refractivity contribution is 0.276. The maximum atomic E-state index is 5.56. The second kappa shape index (κ2) is 5.16. The van der Waals surface area contributed by atoms with Crippen LogP contribution < -0.4 is 15.2 Å². The van der Waals surface area contributed by atoms with Gasteiger partial charge in [0.1, 0.15) is 6.61 Å². The molecule has 0 bridgehead atoms. The number of hydrogen-bond acceptors (Lipinski definition) is 5. The van der Waals surface area contributed by atoms with Gasteiger partial charge in [-0.3, -0.25) is 0 Å². The Hall–Kier alpha value is -2.30. The highest BCUT2D eigenvalue weighted by molar-refractivity contribution is 5.39. The van der Waals surface area contributed by atoms with E-state index in [9.17, 15) is 0 Å². The van der Waals surface area contributed by atoms with Crippen LogP contribution >= 0.6 is 0 Å². The molecule has 0 aliphatic heterocycles. The van der Waals surface area contributed by atoms with Gasteiger partial charge in [0.2, 0.25) is 0 Å². The van der Waals surface area contributed by atoms with Gasteiger partial charge in [0.25, 0.3) is 0 Å². The van der Waals surface area contributed by atoms with E-state index in [2.05, 4.69) is 9.97 Å². The van der Waals surface area contributed by atoms with E-state index < -0.39 is 0 Å². The first kappa shape index (κ1) is 11.2. The number of ether oxygens (including phenoxy) is 2. The van der Waals surface area contributed by atoms with Crippen LogP contribution in [-0.4, -0.2) is 17.1 Å². The summed E-state index contributed by atoms with van der Waals surface area (Å²) in [7, 11) is 1.60. The van der Waals surface area contributed by atoms with Crippen molar-refractivity contribution >= 4 is 5.69 Å². The Kier molecular flexibility index (Phi) is 3.40. The molecule has 5 nitrogen and oxygen atoms in total. The minimum absolute atomic E-state index is 0.278. The highest BCUT2D eigenvalue weighted by atomic mass is 16.5. The molecule has 1 heterocycles. The number of nitrogens with zero attached hydrogens (tertiary/aromatic N) is 2. The number of nitrogen functional groups attached to an aromatic ring is 1. The van der Waals surface area contributed by atoms with Crippen LogP contribution in [0.15, 0.2) is 36.7 Å². The molecule has 5 heteroatoms. The minimum Gasteiger partial charge on any atom is -0.493 e. The molecule has 0 amide bonds. The third kappa shape index (κ3) is 2.84. The highest BCUT2D eigenvalue weighted by Crippen LogP contribution is 2.26. The summed E-state index contributed by atoms with van der Waals surface area (Å²) in [6.07, 6.45) is 3.10. The van der Waals surface area contributed by atoms with Gasteiger partial charge in [0, 0.05) is 0 Å². The predicted molar refractivity (Wildman–Crippen MR) is 63.8 cm³/mol. The quantitative estimate of drug-likeness (QED) is 0.866. The number of para-hydroxylation sites is 2. The number of aromatic nitrogens is 2. The van der Waals surface area contributed by atoms with Crippen LogP contribution in [0.25, 0.3) is 0 Å². The molecule has 0 spiro atoms. The maximum Gasteiger partial charge on any atom is 0.166 e. The van der Waals surface area contributed by atoms with Gasteiger partial charge < -0.3 is 15.2 Å². The third-order valence-electron chi connectivity index (χ3n) is 2.15. The summed E-state index contributed by atoms with van der Waals surface area (Å²) in [4.78, 5) is 8.09. The van der Waals surface area contributed by atoms with Gasteiger partial charge in [0.15, 0.2) is 17.3 Å². The van der Waals surface area contributed by atoms with Crippen molar-refractivity contribution in [1.29, 1.82) is 0 Å². The lowest BCUT2D eigenvalue weighted by Gasteiger charge is -2.09. The molecule has 2 aromatic rings. The molecule has 2 N–H and O–H groups in total. The number of anilines is 1. The van der Waals surface area contributed by atoms with Crippen molar-refractivity contribution < 1.29 is 9.47 Å². The molecule has 0 unspecified atom stereocenters. The van der Waals surface area contributed by atoms with Crippen LogP contribution in [0.2, 0.25) is 0 Å². The van der Waals surface area contributed by atoms with Crippen LogP contribution in [0.3, 0.4) is 0 Å².